The molecule has 2 heterocycles. The molecule has 1 aliphatic rings. The van der Waals surface area contributed by atoms with Gasteiger partial charge in [-0.3, -0.25) is 4.98 Å². The van der Waals surface area contributed by atoms with Crippen molar-refractivity contribution in [2.45, 2.75) is 26.6 Å². The molecule has 2 N–H and O–H groups in total. The summed E-state index contributed by atoms with van der Waals surface area (Å²) < 4.78 is 14.8. The first-order valence-electron chi connectivity index (χ1n) is 10.6. The highest BCUT2D eigenvalue weighted by molar-refractivity contribution is 6.01. The quantitative estimate of drug-likeness (QED) is 0.394. The minimum Gasteiger partial charge on any atom is -0.360 e. The Balaban J connectivity index is 0.00000259. The van der Waals surface area contributed by atoms with Gasteiger partial charge in [0, 0.05) is 42.3 Å². The SMILES string of the molecule is Cc1cc2c(NC(=O)NCc3ccc(N4Cc5ccccc5C4)c(F)c3)cccc2cn1.Cl. The van der Waals surface area contributed by atoms with Crippen molar-refractivity contribution in [2.24, 2.45) is 0 Å². The van der Waals surface area contributed by atoms with Crippen LogP contribution in [0.1, 0.15) is 22.4 Å². The first kappa shape index (κ1) is 22.6. The Labute approximate surface area is 198 Å². The molecule has 5 rings (SSSR count). The van der Waals surface area contributed by atoms with Gasteiger partial charge in [-0.25, -0.2) is 9.18 Å². The highest BCUT2D eigenvalue weighted by Crippen LogP contribution is 2.30. The van der Waals surface area contributed by atoms with Crippen molar-refractivity contribution in [3.05, 3.63) is 101 Å². The van der Waals surface area contributed by atoms with Crippen LogP contribution in [0.2, 0.25) is 0 Å². The number of hydrogen-bond donors (Lipinski definition) is 2. The van der Waals surface area contributed by atoms with Gasteiger partial charge in [-0.1, -0.05) is 42.5 Å². The summed E-state index contributed by atoms with van der Waals surface area (Å²) in [6.45, 7) is 3.55. The lowest BCUT2D eigenvalue weighted by molar-refractivity contribution is 0.251. The number of pyridine rings is 1. The molecule has 0 fully saturated rings. The van der Waals surface area contributed by atoms with E-state index in [2.05, 4.69) is 27.8 Å². The van der Waals surface area contributed by atoms with Crippen LogP contribution < -0.4 is 15.5 Å². The summed E-state index contributed by atoms with van der Waals surface area (Å²) in [5.41, 5.74) is 5.33. The summed E-state index contributed by atoms with van der Waals surface area (Å²) in [6, 6.07) is 20.6. The molecule has 7 heteroatoms. The molecule has 1 aromatic heterocycles. The molecule has 2 amide bonds. The molecule has 0 saturated carbocycles. The molecule has 5 nitrogen and oxygen atoms in total. The van der Waals surface area contributed by atoms with Crippen molar-refractivity contribution in [3.63, 3.8) is 0 Å². The first-order valence-corrected chi connectivity index (χ1v) is 10.6. The van der Waals surface area contributed by atoms with Gasteiger partial charge < -0.3 is 15.5 Å². The van der Waals surface area contributed by atoms with Gasteiger partial charge >= 0.3 is 6.03 Å². The van der Waals surface area contributed by atoms with Crippen molar-refractivity contribution in [1.29, 1.82) is 0 Å². The standard InChI is InChI=1S/C26H23FN4O.ClH/c1-17-11-22-19(14-28-17)7-4-8-24(22)30-26(32)29-13-18-9-10-25(23(27)12-18)31-15-20-5-2-3-6-21(20)16-31;/h2-12,14H,13,15-16H2,1H3,(H2,29,30,32);1H. The van der Waals surface area contributed by atoms with Crippen LogP contribution in [0, 0.1) is 12.7 Å². The third-order valence-electron chi connectivity index (χ3n) is 5.80. The van der Waals surface area contributed by atoms with Gasteiger partial charge in [0.05, 0.1) is 11.4 Å². The van der Waals surface area contributed by atoms with Gasteiger partial charge in [0.2, 0.25) is 0 Å². The molecule has 0 atom stereocenters. The number of nitrogens with one attached hydrogen (secondary N) is 2. The lowest BCUT2D eigenvalue weighted by atomic mass is 10.1. The summed E-state index contributed by atoms with van der Waals surface area (Å²) in [6.07, 6.45) is 1.79. The predicted molar refractivity (Wildman–Crippen MR) is 132 cm³/mol. The number of hydrogen-bond acceptors (Lipinski definition) is 3. The van der Waals surface area contributed by atoms with Gasteiger partial charge in [0.25, 0.3) is 0 Å². The zero-order valence-electron chi connectivity index (χ0n) is 18.1. The van der Waals surface area contributed by atoms with Crippen LogP contribution in [0.25, 0.3) is 10.8 Å². The molecule has 0 unspecified atom stereocenters. The van der Waals surface area contributed by atoms with Gasteiger partial charge in [0.15, 0.2) is 0 Å². The summed E-state index contributed by atoms with van der Waals surface area (Å²) >= 11 is 0. The number of carbonyl (C=O) groups is 1. The number of aromatic nitrogens is 1. The molecule has 0 bridgehead atoms. The van der Waals surface area contributed by atoms with E-state index in [0.717, 1.165) is 16.5 Å². The molecule has 4 aromatic rings. The van der Waals surface area contributed by atoms with E-state index in [4.69, 9.17) is 0 Å². The fraction of sp³-hybridized carbons (Fsp3) is 0.154. The number of benzene rings is 3. The van der Waals surface area contributed by atoms with E-state index in [1.807, 2.05) is 54.3 Å². The third kappa shape index (κ3) is 4.76. The minimum absolute atomic E-state index is 0. The smallest absolute Gasteiger partial charge is 0.319 e. The zero-order chi connectivity index (χ0) is 22.1. The number of aryl methyl sites for hydroxylation is 1. The summed E-state index contributed by atoms with van der Waals surface area (Å²) in [5, 5.41) is 7.58. The first-order chi connectivity index (χ1) is 15.6. The number of anilines is 2. The van der Waals surface area contributed by atoms with Crippen LogP contribution in [-0.2, 0) is 19.6 Å². The van der Waals surface area contributed by atoms with Crippen LogP contribution in [0.5, 0.6) is 0 Å². The molecule has 0 aliphatic carbocycles. The van der Waals surface area contributed by atoms with Gasteiger partial charge in [-0.15, -0.1) is 12.4 Å². The van der Waals surface area contributed by atoms with E-state index in [1.165, 1.54) is 17.2 Å². The average molecular weight is 463 g/mol. The molecule has 33 heavy (non-hydrogen) atoms. The van der Waals surface area contributed by atoms with Crippen LogP contribution in [0.15, 0.2) is 72.9 Å². The number of halogens is 2. The highest BCUT2D eigenvalue weighted by atomic mass is 35.5. The Bertz CT molecular complexity index is 1300. The second-order valence-electron chi connectivity index (χ2n) is 8.07. The largest absolute Gasteiger partial charge is 0.360 e. The Kier molecular flexibility index (Phi) is 6.47. The molecule has 1 aliphatic heterocycles. The molecule has 0 spiro atoms. The summed E-state index contributed by atoms with van der Waals surface area (Å²) in [5.74, 6) is -0.283. The van der Waals surface area contributed by atoms with Crippen LogP contribution >= 0.6 is 12.4 Å². The van der Waals surface area contributed by atoms with Crippen molar-refractivity contribution < 1.29 is 9.18 Å². The number of rotatable bonds is 4. The van der Waals surface area contributed by atoms with E-state index >= 15 is 0 Å². The Morgan fingerprint density at radius 1 is 1.03 bits per heavy atom. The molecule has 3 aromatic carbocycles. The molecule has 0 saturated heterocycles. The predicted octanol–water partition coefficient (Wildman–Crippen LogP) is 5.95. The van der Waals surface area contributed by atoms with Gasteiger partial charge in [-0.05, 0) is 47.9 Å². The maximum absolute atomic E-state index is 14.8. The van der Waals surface area contributed by atoms with E-state index in [9.17, 15) is 9.18 Å². The van der Waals surface area contributed by atoms with Crippen LogP contribution in [0.3, 0.4) is 0 Å². The Morgan fingerprint density at radius 3 is 2.52 bits per heavy atom. The van der Waals surface area contributed by atoms with Crippen LogP contribution in [0.4, 0.5) is 20.6 Å². The molecular weight excluding hydrogens is 439 g/mol. The molecule has 168 valence electrons. The van der Waals surface area contributed by atoms with Crippen molar-refractivity contribution in [3.8, 4) is 0 Å². The Hall–Kier alpha value is -3.64. The summed E-state index contributed by atoms with van der Waals surface area (Å²) in [4.78, 5) is 18.8. The highest BCUT2D eigenvalue weighted by Gasteiger charge is 2.21. The second-order valence-corrected chi connectivity index (χ2v) is 8.07. The number of amides is 2. The Morgan fingerprint density at radius 2 is 1.79 bits per heavy atom. The molecular formula is C26H24ClFN4O. The van der Waals surface area contributed by atoms with Gasteiger partial charge in [0.1, 0.15) is 5.82 Å². The number of urea groups is 1. The lowest BCUT2D eigenvalue weighted by Gasteiger charge is -2.19. The van der Waals surface area contributed by atoms with Gasteiger partial charge in [-0.2, -0.15) is 0 Å². The lowest BCUT2D eigenvalue weighted by Crippen LogP contribution is -2.28. The van der Waals surface area contributed by atoms with E-state index < -0.39 is 0 Å². The monoisotopic (exact) mass is 462 g/mol. The topological polar surface area (TPSA) is 57.3 Å². The average Bonchev–Trinajstić information content (AvgIpc) is 3.22. The number of fused-ring (bicyclic) bond motifs is 2. The summed E-state index contributed by atoms with van der Waals surface area (Å²) in [7, 11) is 0. The fourth-order valence-electron chi connectivity index (χ4n) is 4.15. The third-order valence-corrected chi connectivity index (χ3v) is 5.80. The van der Waals surface area contributed by atoms with Crippen molar-refractivity contribution in [1.82, 2.24) is 10.3 Å². The normalized spacial score (nSPS) is 12.2. The zero-order valence-corrected chi connectivity index (χ0v) is 19.0. The molecule has 0 radical (unpaired) electrons. The van der Waals surface area contributed by atoms with E-state index in [1.54, 1.807) is 12.3 Å². The van der Waals surface area contributed by atoms with E-state index in [-0.39, 0.29) is 30.8 Å². The van der Waals surface area contributed by atoms with Crippen molar-refractivity contribution in [2.75, 3.05) is 10.2 Å². The fourth-order valence-corrected chi connectivity index (χ4v) is 4.15. The van der Waals surface area contributed by atoms with Crippen LogP contribution in [-0.4, -0.2) is 11.0 Å². The number of carbonyl (C=O) groups excluding carboxylic acids is 1. The number of nitrogens with zero attached hydrogens (tertiary/aromatic N) is 2. The second kappa shape index (κ2) is 9.46. The van der Waals surface area contributed by atoms with Crippen molar-refractivity contribution >= 4 is 40.6 Å². The minimum atomic E-state index is -0.341. The maximum Gasteiger partial charge on any atom is 0.319 e. The van der Waals surface area contributed by atoms with E-state index in [0.29, 0.717) is 30.0 Å². The maximum atomic E-state index is 14.8.